The Morgan fingerprint density at radius 1 is 0.968 bits per heavy atom. The lowest BCUT2D eigenvalue weighted by Crippen LogP contribution is -2.12. The zero-order valence-electron chi connectivity index (χ0n) is 19.5. The van der Waals surface area contributed by atoms with Crippen LogP contribution >= 0.6 is 8.58 Å². The van der Waals surface area contributed by atoms with Gasteiger partial charge < -0.3 is 18.9 Å². The second-order valence-electron chi connectivity index (χ2n) is 7.57. The van der Waals surface area contributed by atoms with Crippen molar-refractivity contribution in [1.29, 1.82) is 0 Å². The molecule has 0 aliphatic rings. The van der Waals surface area contributed by atoms with E-state index >= 15 is 0 Å². The Labute approximate surface area is 188 Å². The summed E-state index contributed by atoms with van der Waals surface area (Å²) in [5, 5.41) is 0.982. The Kier molecular flexibility index (Phi) is 10.1. The standard InChI is InChI=1S/C25H35O5P/c1-7-9-10-18(8-2)16-30-19-11-12-23(17(3)13-19)31-25(26)24-21(28-5)14-20(27-4)15-22(24)29-6/h11-15,18,31H,7-10,16H2,1-6H3. The van der Waals surface area contributed by atoms with Crippen LogP contribution in [0, 0.1) is 12.8 Å². The molecule has 0 N–H and O–H groups in total. The van der Waals surface area contributed by atoms with Gasteiger partial charge in [-0.3, -0.25) is 4.79 Å². The lowest BCUT2D eigenvalue weighted by Gasteiger charge is -2.17. The molecule has 0 bridgehead atoms. The van der Waals surface area contributed by atoms with Crippen LogP contribution in [0.5, 0.6) is 23.0 Å². The number of carbonyl (C=O) groups excluding carboxylic acids is 1. The molecule has 31 heavy (non-hydrogen) atoms. The van der Waals surface area contributed by atoms with Crippen molar-refractivity contribution in [3.05, 3.63) is 41.5 Å². The highest BCUT2D eigenvalue weighted by Crippen LogP contribution is 2.38. The summed E-state index contributed by atoms with van der Waals surface area (Å²) in [5.41, 5.74) is 1.43. The molecule has 0 spiro atoms. The number of methoxy groups -OCH3 is 3. The van der Waals surface area contributed by atoms with E-state index in [1.807, 2.05) is 25.1 Å². The van der Waals surface area contributed by atoms with Gasteiger partial charge in [-0.2, -0.15) is 0 Å². The summed E-state index contributed by atoms with van der Waals surface area (Å²) in [6.45, 7) is 7.18. The van der Waals surface area contributed by atoms with Crippen molar-refractivity contribution in [2.24, 2.45) is 5.92 Å². The van der Waals surface area contributed by atoms with Crippen LogP contribution in [0.2, 0.25) is 0 Å². The number of hydrogen-bond donors (Lipinski definition) is 0. The van der Waals surface area contributed by atoms with Crippen molar-refractivity contribution in [3.8, 4) is 23.0 Å². The van der Waals surface area contributed by atoms with Gasteiger partial charge in [0.2, 0.25) is 0 Å². The second kappa shape index (κ2) is 12.6. The maximum atomic E-state index is 13.1. The molecule has 2 aromatic carbocycles. The lowest BCUT2D eigenvalue weighted by atomic mass is 10.0. The quantitative estimate of drug-likeness (QED) is 0.366. The minimum absolute atomic E-state index is 0.0428. The van der Waals surface area contributed by atoms with Gasteiger partial charge in [0, 0.05) is 12.1 Å². The SMILES string of the molecule is CCCCC(CC)COc1ccc(PC(=O)c2c(OC)cc(OC)cc2OC)c(C)c1. The van der Waals surface area contributed by atoms with Crippen LogP contribution in [-0.2, 0) is 0 Å². The van der Waals surface area contributed by atoms with Gasteiger partial charge in [0.05, 0.1) is 27.9 Å². The van der Waals surface area contributed by atoms with Crippen molar-refractivity contribution < 1.29 is 23.7 Å². The zero-order chi connectivity index (χ0) is 22.8. The van der Waals surface area contributed by atoms with Crippen molar-refractivity contribution in [2.45, 2.75) is 46.5 Å². The summed E-state index contributed by atoms with van der Waals surface area (Å²) in [5.74, 6) is 2.91. The maximum Gasteiger partial charge on any atom is 0.193 e. The van der Waals surface area contributed by atoms with Gasteiger partial charge in [-0.15, -0.1) is 0 Å². The van der Waals surface area contributed by atoms with E-state index in [9.17, 15) is 4.79 Å². The third-order valence-electron chi connectivity index (χ3n) is 5.42. The van der Waals surface area contributed by atoms with Crippen molar-refractivity contribution in [3.63, 3.8) is 0 Å². The topological polar surface area (TPSA) is 54.0 Å². The first-order chi connectivity index (χ1) is 15.0. The fraction of sp³-hybridized carbons (Fsp3) is 0.480. The molecule has 0 saturated carbocycles. The molecule has 5 nitrogen and oxygen atoms in total. The van der Waals surface area contributed by atoms with Crippen molar-refractivity contribution in [1.82, 2.24) is 0 Å². The molecule has 2 aromatic rings. The van der Waals surface area contributed by atoms with Crippen LogP contribution in [-0.4, -0.2) is 33.5 Å². The first-order valence-corrected chi connectivity index (χ1v) is 11.8. The van der Waals surface area contributed by atoms with E-state index in [-0.39, 0.29) is 14.1 Å². The molecular formula is C25H35O5P. The molecule has 2 atom stereocenters. The van der Waals surface area contributed by atoms with Crippen LogP contribution in [0.25, 0.3) is 0 Å². The summed E-state index contributed by atoms with van der Waals surface area (Å²) >= 11 is 0. The normalized spacial score (nSPS) is 12.1. The summed E-state index contributed by atoms with van der Waals surface area (Å²) in [6, 6.07) is 9.36. The molecule has 0 fully saturated rings. The molecule has 2 rings (SSSR count). The third kappa shape index (κ3) is 6.87. The summed E-state index contributed by atoms with van der Waals surface area (Å²) in [4.78, 5) is 13.1. The highest BCUT2D eigenvalue weighted by atomic mass is 31.1. The van der Waals surface area contributed by atoms with Crippen LogP contribution in [0.3, 0.4) is 0 Å². The van der Waals surface area contributed by atoms with Crippen LogP contribution in [0.1, 0.15) is 55.5 Å². The molecule has 2 unspecified atom stereocenters. The molecule has 170 valence electrons. The summed E-state index contributed by atoms with van der Waals surface area (Å²) < 4.78 is 22.2. The highest BCUT2D eigenvalue weighted by Gasteiger charge is 2.21. The van der Waals surface area contributed by atoms with Crippen molar-refractivity contribution >= 4 is 19.4 Å². The fourth-order valence-electron chi connectivity index (χ4n) is 3.39. The minimum atomic E-state index is -0.0507. The number of unbranched alkanes of at least 4 members (excludes halogenated alkanes) is 1. The van der Waals surface area contributed by atoms with Crippen LogP contribution in [0.15, 0.2) is 30.3 Å². The number of carbonyl (C=O) groups is 1. The monoisotopic (exact) mass is 446 g/mol. The number of rotatable bonds is 13. The molecule has 0 aliphatic heterocycles. The summed E-state index contributed by atoms with van der Waals surface area (Å²) in [6.07, 6.45) is 4.77. The Morgan fingerprint density at radius 3 is 2.16 bits per heavy atom. The Balaban J connectivity index is 2.14. The number of ether oxygens (including phenoxy) is 4. The third-order valence-corrected chi connectivity index (χ3v) is 6.72. The first kappa shape index (κ1) is 25.0. The van der Waals surface area contributed by atoms with Gasteiger partial charge in [-0.05, 0) is 50.8 Å². The predicted octanol–water partition coefficient (Wildman–Crippen LogP) is 5.76. The maximum absolute atomic E-state index is 13.1. The Bertz CT molecular complexity index is 840. The number of benzene rings is 2. The molecule has 0 radical (unpaired) electrons. The van der Waals surface area contributed by atoms with Gasteiger partial charge in [0.25, 0.3) is 0 Å². The molecular weight excluding hydrogens is 411 g/mol. The smallest absolute Gasteiger partial charge is 0.193 e. The molecule has 0 aliphatic carbocycles. The Hall–Kier alpha value is -2.26. The van der Waals surface area contributed by atoms with Crippen LogP contribution in [0.4, 0.5) is 0 Å². The molecule has 6 heteroatoms. The molecule has 0 aromatic heterocycles. The first-order valence-electron chi connectivity index (χ1n) is 10.8. The van der Waals surface area contributed by atoms with Gasteiger partial charge in [-0.1, -0.05) is 39.2 Å². The van der Waals surface area contributed by atoms with E-state index in [0.29, 0.717) is 28.7 Å². The highest BCUT2D eigenvalue weighted by molar-refractivity contribution is 7.66. The van der Waals surface area contributed by atoms with E-state index < -0.39 is 0 Å². The molecule has 0 saturated heterocycles. The Morgan fingerprint density at radius 2 is 1.65 bits per heavy atom. The predicted molar refractivity (Wildman–Crippen MR) is 128 cm³/mol. The van der Waals surface area contributed by atoms with Gasteiger partial charge in [-0.25, -0.2) is 0 Å². The zero-order valence-corrected chi connectivity index (χ0v) is 20.5. The number of hydrogen-bond acceptors (Lipinski definition) is 5. The fourth-order valence-corrected chi connectivity index (χ4v) is 4.44. The second-order valence-corrected chi connectivity index (χ2v) is 8.81. The largest absolute Gasteiger partial charge is 0.496 e. The van der Waals surface area contributed by atoms with E-state index in [1.165, 1.54) is 33.5 Å². The van der Waals surface area contributed by atoms with Crippen LogP contribution < -0.4 is 24.3 Å². The van der Waals surface area contributed by atoms with Gasteiger partial charge >= 0.3 is 0 Å². The lowest BCUT2D eigenvalue weighted by molar-refractivity contribution is 0.108. The van der Waals surface area contributed by atoms with E-state index in [4.69, 9.17) is 18.9 Å². The van der Waals surface area contributed by atoms with E-state index in [0.717, 1.165) is 29.6 Å². The van der Waals surface area contributed by atoms with E-state index in [2.05, 4.69) is 13.8 Å². The minimum Gasteiger partial charge on any atom is -0.496 e. The average Bonchev–Trinajstić information content (AvgIpc) is 2.79. The molecule has 0 heterocycles. The summed E-state index contributed by atoms with van der Waals surface area (Å²) in [7, 11) is 4.59. The van der Waals surface area contributed by atoms with Crippen molar-refractivity contribution in [2.75, 3.05) is 27.9 Å². The van der Waals surface area contributed by atoms with Gasteiger partial charge in [0.15, 0.2) is 5.52 Å². The average molecular weight is 447 g/mol. The van der Waals surface area contributed by atoms with E-state index in [1.54, 1.807) is 19.2 Å². The number of aryl methyl sites for hydroxylation is 1. The van der Waals surface area contributed by atoms with Gasteiger partial charge in [0.1, 0.15) is 28.6 Å². The molecule has 0 amide bonds.